The van der Waals surface area contributed by atoms with Gasteiger partial charge in [0.05, 0.1) is 0 Å². The minimum Gasteiger partial charge on any atom is -0.354 e. The van der Waals surface area contributed by atoms with Crippen molar-refractivity contribution in [2.24, 2.45) is 11.3 Å². The zero-order chi connectivity index (χ0) is 12.8. The lowest BCUT2D eigenvalue weighted by Crippen LogP contribution is -2.40. The molecule has 0 saturated heterocycles. The molecule has 0 aromatic carbocycles. The van der Waals surface area contributed by atoms with E-state index in [4.69, 9.17) is 0 Å². The Bertz CT molecular complexity index is 206. The van der Waals surface area contributed by atoms with Crippen LogP contribution in [0.15, 0.2) is 0 Å². The minimum atomic E-state index is -0.288. The summed E-state index contributed by atoms with van der Waals surface area (Å²) in [6, 6.07) is 0.520. The Labute approximate surface area is 100 Å². The molecule has 1 amide bonds. The minimum absolute atomic E-state index is 0.116. The Morgan fingerprint density at radius 2 is 1.69 bits per heavy atom. The Hall–Kier alpha value is -0.570. The first-order valence-electron chi connectivity index (χ1n) is 6.25. The number of hydrogen-bond donors (Lipinski definition) is 2. The molecule has 0 aromatic heterocycles. The van der Waals surface area contributed by atoms with Crippen molar-refractivity contribution in [2.75, 3.05) is 13.1 Å². The third kappa shape index (κ3) is 7.69. The second kappa shape index (κ2) is 6.89. The fraction of sp³-hybridized carbons (Fsp3) is 0.923. The number of nitrogens with one attached hydrogen (secondary N) is 2. The van der Waals surface area contributed by atoms with Gasteiger partial charge in [0.25, 0.3) is 0 Å². The molecular weight excluding hydrogens is 200 g/mol. The lowest BCUT2D eigenvalue weighted by Gasteiger charge is -2.19. The van der Waals surface area contributed by atoms with E-state index in [2.05, 4.69) is 31.4 Å². The molecule has 0 radical (unpaired) electrons. The van der Waals surface area contributed by atoms with Crippen LogP contribution in [0, 0.1) is 11.3 Å². The van der Waals surface area contributed by atoms with E-state index in [0.29, 0.717) is 18.5 Å². The van der Waals surface area contributed by atoms with E-state index in [1.54, 1.807) is 0 Å². The molecule has 0 saturated carbocycles. The zero-order valence-corrected chi connectivity index (χ0v) is 11.7. The van der Waals surface area contributed by atoms with E-state index in [9.17, 15) is 4.79 Å². The van der Waals surface area contributed by atoms with Gasteiger partial charge in [-0.25, -0.2) is 0 Å². The number of rotatable bonds is 6. The molecule has 0 aliphatic carbocycles. The zero-order valence-electron chi connectivity index (χ0n) is 11.7. The van der Waals surface area contributed by atoms with Gasteiger partial charge in [0.2, 0.25) is 5.91 Å². The highest BCUT2D eigenvalue weighted by atomic mass is 16.2. The monoisotopic (exact) mass is 228 g/mol. The first-order valence-corrected chi connectivity index (χ1v) is 6.25. The average Bonchev–Trinajstić information content (AvgIpc) is 2.09. The molecule has 0 heterocycles. The van der Waals surface area contributed by atoms with Crippen LogP contribution in [0.2, 0.25) is 0 Å². The largest absolute Gasteiger partial charge is 0.354 e. The molecule has 3 nitrogen and oxygen atoms in total. The molecule has 96 valence electrons. The molecule has 0 rings (SSSR count). The lowest BCUT2D eigenvalue weighted by molar-refractivity contribution is -0.128. The Kier molecular flexibility index (Phi) is 6.65. The average molecular weight is 228 g/mol. The summed E-state index contributed by atoms with van der Waals surface area (Å²) in [4.78, 5) is 11.5. The van der Waals surface area contributed by atoms with Gasteiger partial charge >= 0.3 is 0 Å². The Morgan fingerprint density at radius 1 is 1.12 bits per heavy atom. The van der Waals surface area contributed by atoms with Gasteiger partial charge in [0.1, 0.15) is 0 Å². The van der Waals surface area contributed by atoms with Gasteiger partial charge in [-0.05, 0) is 19.3 Å². The Balaban J connectivity index is 3.57. The van der Waals surface area contributed by atoms with Gasteiger partial charge in [-0.1, -0.05) is 34.6 Å². The maximum atomic E-state index is 11.5. The summed E-state index contributed by atoms with van der Waals surface area (Å²) in [5.74, 6) is 0.831. The summed E-state index contributed by atoms with van der Waals surface area (Å²) in [5.41, 5.74) is -0.288. The molecule has 0 bridgehead atoms. The highest BCUT2D eigenvalue weighted by Crippen LogP contribution is 2.11. The van der Waals surface area contributed by atoms with E-state index >= 15 is 0 Å². The summed E-state index contributed by atoms with van der Waals surface area (Å²) in [5, 5.41) is 6.34. The van der Waals surface area contributed by atoms with E-state index in [0.717, 1.165) is 6.54 Å². The summed E-state index contributed by atoms with van der Waals surface area (Å²) >= 11 is 0. The van der Waals surface area contributed by atoms with Crippen LogP contribution >= 0.6 is 0 Å². The van der Waals surface area contributed by atoms with Crippen molar-refractivity contribution >= 4 is 5.91 Å². The van der Waals surface area contributed by atoms with Gasteiger partial charge in [0.15, 0.2) is 0 Å². The van der Waals surface area contributed by atoms with Crippen LogP contribution in [0.1, 0.15) is 48.0 Å². The van der Waals surface area contributed by atoms with Gasteiger partial charge in [0, 0.05) is 24.5 Å². The first-order chi connectivity index (χ1) is 7.23. The van der Waals surface area contributed by atoms with Crippen molar-refractivity contribution in [1.82, 2.24) is 10.6 Å². The predicted molar refractivity (Wildman–Crippen MR) is 69.4 cm³/mol. The number of amides is 1. The highest BCUT2D eigenvalue weighted by Gasteiger charge is 2.20. The second-order valence-corrected chi connectivity index (χ2v) is 5.99. The van der Waals surface area contributed by atoms with Crippen LogP contribution in [0.4, 0.5) is 0 Å². The van der Waals surface area contributed by atoms with Crippen molar-refractivity contribution in [3.05, 3.63) is 0 Å². The Morgan fingerprint density at radius 3 is 2.12 bits per heavy atom. The van der Waals surface area contributed by atoms with Crippen LogP contribution in [0.5, 0.6) is 0 Å². The van der Waals surface area contributed by atoms with Crippen LogP contribution < -0.4 is 10.6 Å². The SMILES string of the molecule is CC(C)CC(C)NCCNC(=O)C(C)(C)C. The number of hydrogen-bond acceptors (Lipinski definition) is 2. The smallest absolute Gasteiger partial charge is 0.225 e. The van der Waals surface area contributed by atoms with E-state index in [1.165, 1.54) is 6.42 Å². The first kappa shape index (κ1) is 15.4. The summed E-state index contributed by atoms with van der Waals surface area (Å²) in [6.07, 6.45) is 1.17. The molecule has 0 spiro atoms. The molecule has 0 aromatic rings. The van der Waals surface area contributed by atoms with Gasteiger partial charge in [-0.3, -0.25) is 4.79 Å². The van der Waals surface area contributed by atoms with Gasteiger partial charge in [-0.15, -0.1) is 0 Å². The van der Waals surface area contributed by atoms with Crippen LogP contribution in [-0.2, 0) is 4.79 Å². The van der Waals surface area contributed by atoms with E-state index in [1.807, 2.05) is 20.8 Å². The van der Waals surface area contributed by atoms with Crippen LogP contribution in [0.3, 0.4) is 0 Å². The number of carbonyl (C=O) groups is 1. The van der Waals surface area contributed by atoms with Crippen molar-refractivity contribution in [1.29, 1.82) is 0 Å². The second-order valence-electron chi connectivity index (χ2n) is 5.99. The maximum absolute atomic E-state index is 11.5. The molecular formula is C13H28N2O. The summed E-state index contributed by atoms with van der Waals surface area (Å²) < 4.78 is 0. The van der Waals surface area contributed by atoms with Crippen LogP contribution in [-0.4, -0.2) is 25.0 Å². The summed E-state index contributed by atoms with van der Waals surface area (Å²) in [7, 11) is 0. The van der Waals surface area contributed by atoms with Crippen molar-refractivity contribution in [3.63, 3.8) is 0 Å². The summed E-state index contributed by atoms with van der Waals surface area (Å²) in [6.45, 7) is 14.0. The van der Waals surface area contributed by atoms with Crippen molar-refractivity contribution < 1.29 is 4.79 Å². The third-order valence-corrected chi connectivity index (χ3v) is 2.41. The quantitative estimate of drug-likeness (QED) is 0.684. The molecule has 1 atom stereocenters. The van der Waals surface area contributed by atoms with Gasteiger partial charge in [-0.2, -0.15) is 0 Å². The number of carbonyl (C=O) groups excluding carboxylic acids is 1. The van der Waals surface area contributed by atoms with E-state index < -0.39 is 0 Å². The highest BCUT2D eigenvalue weighted by molar-refractivity contribution is 5.81. The molecule has 0 aliphatic heterocycles. The normalized spacial score (nSPS) is 13.9. The molecule has 0 aliphatic rings. The molecule has 0 fully saturated rings. The van der Waals surface area contributed by atoms with Crippen molar-refractivity contribution in [2.45, 2.75) is 54.0 Å². The third-order valence-electron chi connectivity index (χ3n) is 2.41. The van der Waals surface area contributed by atoms with E-state index in [-0.39, 0.29) is 11.3 Å². The fourth-order valence-corrected chi connectivity index (χ4v) is 1.55. The fourth-order valence-electron chi connectivity index (χ4n) is 1.55. The van der Waals surface area contributed by atoms with Crippen LogP contribution in [0.25, 0.3) is 0 Å². The topological polar surface area (TPSA) is 41.1 Å². The van der Waals surface area contributed by atoms with Crippen molar-refractivity contribution in [3.8, 4) is 0 Å². The van der Waals surface area contributed by atoms with Gasteiger partial charge < -0.3 is 10.6 Å². The lowest BCUT2D eigenvalue weighted by atomic mass is 9.96. The molecule has 3 heteroatoms. The molecule has 16 heavy (non-hydrogen) atoms. The standard InChI is InChI=1S/C13H28N2O/c1-10(2)9-11(3)14-7-8-15-12(16)13(4,5)6/h10-11,14H,7-9H2,1-6H3,(H,15,16). The molecule has 2 N–H and O–H groups in total. The molecule has 1 unspecified atom stereocenters. The maximum Gasteiger partial charge on any atom is 0.225 e. The predicted octanol–water partition coefficient (Wildman–Crippen LogP) is 2.17.